The van der Waals surface area contributed by atoms with E-state index in [0.717, 1.165) is 24.0 Å². The van der Waals surface area contributed by atoms with Gasteiger partial charge in [-0.05, 0) is 54.0 Å². The van der Waals surface area contributed by atoms with Crippen LogP contribution in [0.1, 0.15) is 43.7 Å². The zero-order valence-corrected chi connectivity index (χ0v) is 22.5. The van der Waals surface area contributed by atoms with Gasteiger partial charge in [-0.15, -0.1) is 0 Å². The molecule has 0 amide bonds. The Balaban J connectivity index is 2.03. The molecule has 206 valence electrons. The predicted molar refractivity (Wildman–Crippen MR) is 146 cm³/mol. The van der Waals surface area contributed by atoms with Gasteiger partial charge in [-0.1, -0.05) is 69.3 Å². The molecule has 2 aromatic carbocycles. The van der Waals surface area contributed by atoms with E-state index in [0.29, 0.717) is 18.4 Å². The molecule has 0 saturated carbocycles. The third kappa shape index (κ3) is 10.2. The van der Waals surface area contributed by atoms with Gasteiger partial charge in [0, 0.05) is 13.0 Å². The number of benzene rings is 2. The number of carbonyl (C=O) groups excluding carboxylic acids is 2. The largest absolute Gasteiger partial charge is 0.462 e. The molecule has 7 heteroatoms. The first-order chi connectivity index (χ1) is 18.3. The number of ether oxygens (including phenoxy) is 3. The lowest BCUT2D eigenvalue weighted by atomic mass is 9.97. The van der Waals surface area contributed by atoms with Crippen LogP contribution < -0.4 is 0 Å². The molecule has 2 rings (SSSR count). The maximum absolute atomic E-state index is 15.0. The minimum atomic E-state index is -0.737. The van der Waals surface area contributed by atoms with Crippen molar-refractivity contribution in [3.8, 4) is 11.1 Å². The highest BCUT2D eigenvalue weighted by atomic mass is 19.1. The van der Waals surface area contributed by atoms with Crippen LogP contribution in [0, 0.1) is 11.7 Å². The molecule has 0 aliphatic carbocycles. The predicted octanol–water partition coefficient (Wildman–Crippen LogP) is 5.61. The van der Waals surface area contributed by atoms with Crippen LogP contribution in [0.4, 0.5) is 4.39 Å². The molecule has 0 heterocycles. The van der Waals surface area contributed by atoms with Crippen molar-refractivity contribution in [3.63, 3.8) is 0 Å². The molecule has 0 fully saturated rings. The second-order valence-corrected chi connectivity index (χ2v) is 9.36. The maximum atomic E-state index is 15.0. The van der Waals surface area contributed by atoms with Gasteiger partial charge in [0.05, 0.1) is 37.6 Å². The van der Waals surface area contributed by atoms with Crippen molar-refractivity contribution in [2.24, 2.45) is 5.92 Å². The molecular formula is C31H39FO6. The molecule has 0 radical (unpaired) electrons. The first kappa shape index (κ1) is 30.9. The minimum absolute atomic E-state index is 0.0357. The highest BCUT2D eigenvalue weighted by Gasteiger charge is 2.18. The summed E-state index contributed by atoms with van der Waals surface area (Å²) < 4.78 is 30.4. The molecule has 1 unspecified atom stereocenters. The van der Waals surface area contributed by atoms with Crippen molar-refractivity contribution in [3.05, 3.63) is 83.7 Å². The van der Waals surface area contributed by atoms with Crippen molar-refractivity contribution < 1.29 is 33.3 Å². The van der Waals surface area contributed by atoms with Crippen molar-refractivity contribution in [1.29, 1.82) is 0 Å². The van der Waals surface area contributed by atoms with Gasteiger partial charge in [-0.25, -0.2) is 14.0 Å². The van der Waals surface area contributed by atoms with Gasteiger partial charge in [0.2, 0.25) is 0 Å². The van der Waals surface area contributed by atoms with Gasteiger partial charge in [-0.3, -0.25) is 0 Å². The van der Waals surface area contributed by atoms with Gasteiger partial charge < -0.3 is 19.3 Å². The normalized spacial score (nSPS) is 11.6. The van der Waals surface area contributed by atoms with Crippen LogP contribution in [0.25, 0.3) is 11.1 Å². The number of unbranched alkanes of at least 4 members (excludes halogenated alkanes) is 2. The number of halogens is 1. The molecule has 38 heavy (non-hydrogen) atoms. The van der Waals surface area contributed by atoms with Gasteiger partial charge in [-0.2, -0.15) is 0 Å². The molecule has 6 nitrogen and oxygen atoms in total. The van der Waals surface area contributed by atoms with Crippen molar-refractivity contribution in [2.45, 2.75) is 45.4 Å². The van der Waals surface area contributed by atoms with E-state index in [2.05, 4.69) is 32.2 Å². The molecular weight excluding hydrogens is 487 g/mol. The van der Waals surface area contributed by atoms with E-state index < -0.39 is 24.5 Å². The Morgan fingerprint density at radius 2 is 1.55 bits per heavy atom. The second kappa shape index (κ2) is 16.5. The summed E-state index contributed by atoms with van der Waals surface area (Å²) >= 11 is 0. The third-order valence-electron chi connectivity index (χ3n) is 6.22. The SMILES string of the molecule is C=C(CO)C(=O)OCC(CCc1ccc(-c2ccc(CCCCC)cc2)cc1F)COC(=O)C(=C)COC. The van der Waals surface area contributed by atoms with Gasteiger partial charge >= 0.3 is 11.9 Å². The van der Waals surface area contributed by atoms with Gasteiger partial charge in [0.15, 0.2) is 0 Å². The summed E-state index contributed by atoms with van der Waals surface area (Å²) in [6.07, 6.45) is 5.35. The van der Waals surface area contributed by atoms with Crippen molar-refractivity contribution in [2.75, 3.05) is 33.5 Å². The Kier molecular flexibility index (Phi) is 13.5. The first-order valence-corrected chi connectivity index (χ1v) is 13.0. The fourth-order valence-electron chi connectivity index (χ4n) is 3.84. The molecule has 1 atom stereocenters. The molecule has 0 spiro atoms. The number of hydrogen-bond acceptors (Lipinski definition) is 6. The molecule has 0 aromatic heterocycles. The van der Waals surface area contributed by atoms with Crippen LogP contribution in [-0.4, -0.2) is 50.6 Å². The summed E-state index contributed by atoms with van der Waals surface area (Å²) in [5.74, 6) is -2.08. The Labute approximate surface area is 225 Å². The minimum Gasteiger partial charge on any atom is -0.462 e. The Hall–Kier alpha value is -3.29. The maximum Gasteiger partial charge on any atom is 0.335 e. The fourth-order valence-corrected chi connectivity index (χ4v) is 3.84. The fraction of sp³-hybridized carbons (Fsp3) is 0.419. The lowest BCUT2D eigenvalue weighted by molar-refractivity contribution is -0.144. The lowest BCUT2D eigenvalue weighted by Gasteiger charge is -2.18. The summed E-state index contributed by atoms with van der Waals surface area (Å²) in [6, 6.07) is 13.4. The highest BCUT2D eigenvalue weighted by Crippen LogP contribution is 2.24. The number of hydrogen-bond donors (Lipinski definition) is 1. The average Bonchev–Trinajstić information content (AvgIpc) is 2.92. The number of esters is 2. The Morgan fingerprint density at radius 1 is 0.921 bits per heavy atom. The average molecular weight is 527 g/mol. The number of aryl methyl sites for hydroxylation is 2. The van der Waals surface area contributed by atoms with E-state index in [1.807, 2.05) is 18.2 Å². The molecule has 0 bridgehead atoms. The summed E-state index contributed by atoms with van der Waals surface area (Å²) in [7, 11) is 1.44. The zero-order chi connectivity index (χ0) is 27.9. The summed E-state index contributed by atoms with van der Waals surface area (Å²) in [4.78, 5) is 24.0. The van der Waals surface area contributed by atoms with Crippen molar-refractivity contribution in [1.82, 2.24) is 0 Å². The number of aliphatic hydroxyl groups is 1. The third-order valence-corrected chi connectivity index (χ3v) is 6.22. The second-order valence-electron chi connectivity index (χ2n) is 9.36. The molecule has 2 aromatic rings. The summed E-state index contributed by atoms with van der Waals surface area (Å²) in [6.45, 7) is 8.63. The molecule has 1 N–H and O–H groups in total. The van der Waals surface area contributed by atoms with E-state index >= 15 is 4.39 Å². The number of aliphatic hydroxyl groups excluding tert-OH is 1. The summed E-state index contributed by atoms with van der Waals surface area (Å²) in [5.41, 5.74) is 3.62. The van der Waals surface area contributed by atoms with E-state index in [1.165, 1.54) is 31.6 Å². The van der Waals surface area contributed by atoms with E-state index in [1.54, 1.807) is 6.07 Å². The van der Waals surface area contributed by atoms with Crippen LogP contribution in [0.15, 0.2) is 66.8 Å². The van der Waals surface area contributed by atoms with Crippen molar-refractivity contribution >= 4 is 11.9 Å². The first-order valence-electron chi connectivity index (χ1n) is 13.0. The lowest BCUT2D eigenvalue weighted by Crippen LogP contribution is -2.23. The topological polar surface area (TPSA) is 82.1 Å². The van der Waals surface area contributed by atoms with E-state index in [9.17, 15) is 9.59 Å². The quantitative estimate of drug-likeness (QED) is 0.164. The number of methoxy groups -OCH3 is 1. The molecule has 0 aliphatic heterocycles. The van der Waals surface area contributed by atoms with Crippen LogP contribution in [-0.2, 0) is 36.6 Å². The molecule has 0 aliphatic rings. The molecule has 0 saturated heterocycles. The number of carbonyl (C=O) groups is 2. The standard InChI is InChI=1S/C31H39FO6/c1-5-6-7-8-24-9-12-26(13-10-24)28-16-15-27(29(32)17-28)14-11-25(20-37-30(34)22(2)18-33)21-38-31(35)23(3)19-36-4/h9-10,12-13,15-17,25,33H,2-3,5-8,11,14,18-21H2,1,4H3. The highest BCUT2D eigenvalue weighted by molar-refractivity contribution is 5.88. The van der Waals surface area contributed by atoms with Gasteiger partial charge in [0.1, 0.15) is 5.82 Å². The Bertz CT molecular complexity index is 1080. The van der Waals surface area contributed by atoms with Crippen LogP contribution in [0.2, 0.25) is 0 Å². The summed E-state index contributed by atoms with van der Waals surface area (Å²) in [5, 5.41) is 9.07. The van der Waals surface area contributed by atoms with Crippen LogP contribution in [0.5, 0.6) is 0 Å². The zero-order valence-electron chi connectivity index (χ0n) is 22.5. The van der Waals surface area contributed by atoms with E-state index in [4.69, 9.17) is 19.3 Å². The van der Waals surface area contributed by atoms with E-state index in [-0.39, 0.29) is 36.8 Å². The smallest absolute Gasteiger partial charge is 0.335 e. The van der Waals surface area contributed by atoms with Crippen LogP contribution >= 0.6 is 0 Å². The number of rotatable bonds is 17. The van der Waals surface area contributed by atoms with Crippen LogP contribution in [0.3, 0.4) is 0 Å². The monoisotopic (exact) mass is 526 g/mol. The Morgan fingerprint density at radius 3 is 2.13 bits per heavy atom. The van der Waals surface area contributed by atoms with Gasteiger partial charge in [0.25, 0.3) is 0 Å².